The number of hydrogen-bond donors (Lipinski definition) is 1. The number of hydrogen-bond acceptors (Lipinski definition) is 4. The van der Waals surface area contributed by atoms with Gasteiger partial charge in [-0.05, 0) is 44.7 Å². The van der Waals surface area contributed by atoms with Gasteiger partial charge in [-0.3, -0.25) is 4.99 Å². The first-order valence-electron chi connectivity index (χ1n) is 10.2. The van der Waals surface area contributed by atoms with E-state index in [9.17, 15) is 4.39 Å². The Morgan fingerprint density at radius 1 is 1.34 bits per heavy atom. The largest absolute Gasteiger partial charge is 0.489 e. The maximum absolute atomic E-state index is 13.3. The molecule has 0 aliphatic carbocycles. The van der Waals surface area contributed by atoms with Crippen LogP contribution in [0.15, 0.2) is 29.3 Å². The summed E-state index contributed by atoms with van der Waals surface area (Å²) in [6.45, 7) is 5.96. The van der Waals surface area contributed by atoms with E-state index in [2.05, 4.69) is 15.2 Å². The molecule has 8 heteroatoms. The number of aliphatic imine (C=N–C) groups is 1. The molecule has 1 aromatic carbocycles. The van der Waals surface area contributed by atoms with Crippen molar-refractivity contribution in [3.8, 4) is 5.75 Å². The summed E-state index contributed by atoms with van der Waals surface area (Å²) in [6, 6.07) is 6.21. The number of rotatable bonds is 7. The Balaban J connectivity index is 0.00000300. The summed E-state index contributed by atoms with van der Waals surface area (Å²) < 4.78 is 30.7. The fraction of sp³-hybridized carbons (Fsp3) is 0.667. The van der Waals surface area contributed by atoms with E-state index in [0.29, 0.717) is 25.0 Å². The first kappa shape index (κ1) is 24.1. The van der Waals surface area contributed by atoms with E-state index in [4.69, 9.17) is 14.2 Å². The molecule has 164 valence electrons. The Bertz CT molecular complexity index is 635. The molecule has 0 amide bonds. The minimum absolute atomic E-state index is 0. The molecule has 0 aromatic heterocycles. The van der Waals surface area contributed by atoms with Crippen LogP contribution in [0, 0.1) is 5.82 Å². The minimum Gasteiger partial charge on any atom is -0.489 e. The lowest BCUT2D eigenvalue weighted by atomic mass is 10.1. The molecule has 0 radical (unpaired) electrons. The molecule has 2 aliphatic heterocycles. The number of halogens is 2. The van der Waals surface area contributed by atoms with E-state index >= 15 is 0 Å². The van der Waals surface area contributed by atoms with Gasteiger partial charge in [0.1, 0.15) is 17.7 Å². The van der Waals surface area contributed by atoms with E-state index in [-0.39, 0.29) is 42.0 Å². The second-order valence-corrected chi connectivity index (χ2v) is 7.47. The molecule has 0 spiro atoms. The number of ether oxygens (including phenoxy) is 3. The summed E-state index contributed by atoms with van der Waals surface area (Å²) >= 11 is 0. The second kappa shape index (κ2) is 12.5. The van der Waals surface area contributed by atoms with Gasteiger partial charge in [0.15, 0.2) is 5.96 Å². The third kappa shape index (κ3) is 7.90. The van der Waals surface area contributed by atoms with Crippen molar-refractivity contribution in [2.75, 3.05) is 39.9 Å². The van der Waals surface area contributed by atoms with Gasteiger partial charge in [-0.25, -0.2) is 4.39 Å². The van der Waals surface area contributed by atoms with Gasteiger partial charge in [0.2, 0.25) is 0 Å². The van der Waals surface area contributed by atoms with Gasteiger partial charge in [0.05, 0.1) is 25.4 Å². The van der Waals surface area contributed by atoms with Gasteiger partial charge in [0, 0.05) is 32.8 Å². The van der Waals surface area contributed by atoms with Crippen LogP contribution in [0.2, 0.25) is 0 Å². The van der Waals surface area contributed by atoms with Gasteiger partial charge in [-0.2, -0.15) is 0 Å². The number of nitrogens with one attached hydrogen (secondary N) is 1. The Morgan fingerprint density at radius 2 is 2.14 bits per heavy atom. The normalized spacial score (nSPS) is 21.6. The van der Waals surface area contributed by atoms with Gasteiger partial charge < -0.3 is 24.4 Å². The Morgan fingerprint density at radius 3 is 2.79 bits per heavy atom. The molecule has 3 rings (SSSR count). The fourth-order valence-corrected chi connectivity index (χ4v) is 3.64. The highest BCUT2D eigenvalue weighted by Crippen LogP contribution is 2.18. The maximum atomic E-state index is 13.3. The lowest BCUT2D eigenvalue weighted by Crippen LogP contribution is -2.49. The average Bonchev–Trinajstić information content (AvgIpc) is 3.21. The van der Waals surface area contributed by atoms with Crippen LogP contribution >= 0.6 is 24.0 Å². The number of benzene rings is 1. The molecule has 2 aliphatic rings. The highest BCUT2D eigenvalue weighted by atomic mass is 127. The highest BCUT2D eigenvalue weighted by Gasteiger charge is 2.24. The molecule has 2 heterocycles. The molecular formula is C21H33FIN3O3. The molecule has 2 fully saturated rings. The minimum atomic E-state index is -0.293. The van der Waals surface area contributed by atoms with Crippen molar-refractivity contribution in [2.45, 2.75) is 50.9 Å². The Hall–Kier alpha value is -1.13. The van der Waals surface area contributed by atoms with Crippen molar-refractivity contribution >= 4 is 29.9 Å². The van der Waals surface area contributed by atoms with Crippen molar-refractivity contribution in [3.63, 3.8) is 0 Å². The molecule has 0 saturated carbocycles. The number of piperidine rings is 1. The first-order chi connectivity index (χ1) is 13.6. The molecule has 6 nitrogen and oxygen atoms in total. The summed E-state index contributed by atoms with van der Waals surface area (Å²) in [6.07, 6.45) is 4.72. The first-order valence-corrected chi connectivity index (χ1v) is 10.2. The lowest BCUT2D eigenvalue weighted by molar-refractivity contribution is -0.0367. The zero-order chi connectivity index (χ0) is 19.8. The van der Waals surface area contributed by atoms with Crippen LogP contribution in [0.25, 0.3) is 0 Å². The third-order valence-corrected chi connectivity index (χ3v) is 5.18. The predicted molar refractivity (Wildman–Crippen MR) is 123 cm³/mol. The van der Waals surface area contributed by atoms with Gasteiger partial charge in [-0.1, -0.05) is 6.07 Å². The van der Waals surface area contributed by atoms with Gasteiger partial charge in [-0.15, -0.1) is 24.0 Å². The number of guanidine groups is 1. The van der Waals surface area contributed by atoms with Crippen LogP contribution in [0.1, 0.15) is 32.6 Å². The van der Waals surface area contributed by atoms with Crippen molar-refractivity contribution in [3.05, 3.63) is 30.1 Å². The summed E-state index contributed by atoms with van der Waals surface area (Å²) in [4.78, 5) is 6.64. The van der Waals surface area contributed by atoms with E-state index in [1.54, 1.807) is 19.2 Å². The van der Waals surface area contributed by atoms with E-state index in [1.807, 2.05) is 6.92 Å². The standard InChI is InChI=1S/C21H32FN3O3.HI/c1-16(28-19-6-3-5-17(22)13-19)14-24-21(23-2)25-10-8-18(9-11-25)27-15-20-7-4-12-26-20;/h3,5-6,13,16,18,20H,4,7-12,14-15H2,1-2H3,(H,23,24);1H. The van der Waals surface area contributed by atoms with Crippen LogP contribution < -0.4 is 10.1 Å². The maximum Gasteiger partial charge on any atom is 0.193 e. The highest BCUT2D eigenvalue weighted by molar-refractivity contribution is 14.0. The second-order valence-electron chi connectivity index (χ2n) is 7.47. The molecule has 0 bridgehead atoms. The van der Waals surface area contributed by atoms with Crippen molar-refractivity contribution in [2.24, 2.45) is 4.99 Å². The van der Waals surface area contributed by atoms with Crippen LogP contribution in [0.3, 0.4) is 0 Å². The zero-order valence-corrected chi connectivity index (χ0v) is 19.6. The summed E-state index contributed by atoms with van der Waals surface area (Å²) in [5.74, 6) is 1.11. The molecule has 1 N–H and O–H groups in total. The van der Waals surface area contributed by atoms with Gasteiger partial charge in [0.25, 0.3) is 0 Å². The fourth-order valence-electron chi connectivity index (χ4n) is 3.64. The topological polar surface area (TPSA) is 55.3 Å². The monoisotopic (exact) mass is 521 g/mol. The predicted octanol–water partition coefficient (Wildman–Crippen LogP) is 3.45. The summed E-state index contributed by atoms with van der Waals surface area (Å²) in [7, 11) is 1.79. The van der Waals surface area contributed by atoms with E-state index in [1.165, 1.54) is 12.1 Å². The van der Waals surface area contributed by atoms with Crippen molar-refractivity contribution < 1.29 is 18.6 Å². The molecule has 2 unspecified atom stereocenters. The van der Waals surface area contributed by atoms with Crippen molar-refractivity contribution in [1.82, 2.24) is 10.2 Å². The van der Waals surface area contributed by atoms with Crippen LogP contribution in [-0.4, -0.2) is 69.1 Å². The van der Waals surface area contributed by atoms with E-state index in [0.717, 1.165) is 51.3 Å². The Kier molecular flexibility index (Phi) is 10.4. The van der Waals surface area contributed by atoms with Gasteiger partial charge >= 0.3 is 0 Å². The molecular weight excluding hydrogens is 488 g/mol. The Labute approximate surface area is 190 Å². The molecule has 1 aromatic rings. The SMILES string of the molecule is CN=C(NCC(C)Oc1cccc(F)c1)N1CCC(OCC2CCCO2)CC1.I. The lowest BCUT2D eigenvalue weighted by Gasteiger charge is -2.34. The smallest absolute Gasteiger partial charge is 0.193 e. The molecule has 2 saturated heterocycles. The van der Waals surface area contributed by atoms with Crippen molar-refractivity contribution in [1.29, 1.82) is 0 Å². The number of likely N-dealkylation sites (tertiary alicyclic amines) is 1. The zero-order valence-electron chi connectivity index (χ0n) is 17.3. The van der Waals surface area contributed by atoms with Crippen LogP contribution in [0.4, 0.5) is 4.39 Å². The molecule has 29 heavy (non-hydrogen) atoms. The van der Waals surface area contributed by atoms with Crippen LogP contribution in [-0.2, 0) is 9.47 Å². The van der Waals surface area contributed by atoms with E-state index < -0.39 is 0 Å². The molecule has 2 atom stereocenters. The number of nitrogens with zero attached hydrogens (tertiary/aromatic N) is 2. The van der Waals surface area contributed by atoms with Crippen LogP contribution in [0.5, 0.6) is 5.75 Å². The average molecular weight is 521 g/mol. The summed E-state index contributed by atoms with van der Waals surface area (Å²) in [5, 5.41) is 3.36. The summed E-state index contributed by atoms with van der Waals surface area (Å²) in [5.41, 5.74) is 0. The quantitative estimate of drug-likeness (QED) is 0.339. The third-order valence-electron chi connectivity index (χ3n) is 5.18.